The molecule has 0 bridgehead atoms. The van der Waals surface area contributed by atoms with Crippen molar-refractivity contribution in [3.63, 3.8) is 0 Å². The first kappa shape index (κ1) is 23.7. The van der Waals surface area contributed by atoms with E-state index in [2.05, 4.69) is 19.2 Å². The van der Waals surface area contributed by atoms with Crippen molar-refractivity contribution in [3.05, 3.63) is 0 Å². The van der Waals surface area contributed by atoms with E-state index in [9.17, 15) is 14.7 Å². The first-order valence-corrected chi connectivity index (χ1v) is 9.38. The van der Waals surface area contributed by atoms with Crippen LogP contribution in [0.25, 0.3) is 0 Å². The summed E-state index contributed by atoms with van der Waals surface area (Å²) < 4.78 is 5.31. The van der Waals surface area contributed by atoms with E-state index in [1.165, 1.54) is 0 Å². The third-order valence-electron chi connectivity index (χ3n) is 4.57. The number of aliphatic hydroxyl groups excluding tert-OH is 1. The summed E-state index contributed by atoms with van der Waals surface area (Å²) in [5, 5.41) is 13.5. The SMILES string of the molecule is CCC(CC)CC(NC(=O)OC(C)(C)C)C(O)CC(C(N)=O)C(C)C. The Kier molecular flexibility index (Phi) is 10.1. The number of nitrogens with one attached hydrogen (secondary N) is 1. The third-order valence-corrected chi connectivity index (χ3v) is 4.57. The average Bonchev–Trinajstić information content (AvgIpc) is 2.45. The molecule has 6 heteroatoms. The van der Waals surface area contributed by atoms with Gasteiger partial charge in [0.2, 0.25) is 5.91 Å². The van der Waals surface area contributed by atoms with Crippen molar-refractivity contribution in [2.24, 2.45) is 23.5 Å². The lowest BCUT2D eigenvalue weighted by Gasteiger charge is -2.31. The molecular formula is C19H38N2O4. The Morgan fingerprint density at radius 3 is 2.00 bits per heavy atom. The largest absolute Gasteiger partial charge is 0.444 e. The summed E-state index contributed by atoms with van der Waals surface area (Å²) in [6.07, 6.45) is 1.37. The van der Waals surface area contributed by atoms with Crippen LogP contribution in [0.3, 0.4) is 0 Å². The van der Waals surface area contributed by atoms with E-state index in [1.54, 1.807) is 20.8 Å². The van der Waals surface area contributed by atoms with Gasteiger partial charge in [0.15, 0.2) is 0 Å². The number of alkyl carbamates (subject to hydrolysis) is 1. The Hall–Kier alpha value is -1.30. The highest BCUT2D eigenvalue weighted by Crippen LogP contribution is 2.23. The molecular weight excluding hydrogens is 320 g/mol. The molecule has 0 spiro atoms. The summed E-state index contributed by atoms with van der Waals surface area (Å²) in [6.45, 7) is 13.4. The van der Waals surface area contributed by atoms with Gasteiger partial charge in [-0.2, -0.15) is 0 Å². The van der Waals surface area contributed by atoms with Gasteiger partial charge >= 0.3 is 6.09 Å². The molecule has 0 aliphatic carbocycles. The highest BCUT2D eigenvalue weighted by atomic mass is 16.6. The van der Waals surface area contributed by atoms with Crippen LogP contribution in [-0.4, -0.2) is 34.9 Å². The van der Waals surface area contributed by atoms with E-state index >= 15 is 0 Å². The van der Waals surface area contributed by atoms with Crippen LogP contribution in [-0.2, 0) is 9.53 Å². The number of hydrogen-bond acceptors (Lipinski definition) is 4. The van der Waals surface area contributed by atoms with Gasteiger partial charge in [0.25, 0.3) is 0 Å². The van der Waals surface area contributed by atoms with E-state index in [4.69, 9.17) is 10.5 Å². The van der Waals surface area contributed by atoms with Crippen molar-refractivity contribution in [3.8, 4) is 0 Å². The molecule has 0 aromatic rings. The topological polar surface area (TPSA) is 102 Å². The fourth-order valence-electron chi connectivity index (χ4n) is 2.89. The second-order valence-electron chi connectivity index (χ2n) is 8.23. The van der Waals surface area contributed by atoms with Crippen molar-refractivity contribution >= 4 is 12.0 Å². The number of hydrogen-bond donors (Lipinski definition) is 3. The number of primary amides is 1. The maximum Gasteiger partial charge on any atom is 0.407 e. The molecule has 0 fully saturated rings. The zero-order valence-corrected chi connectivity index (χ0v) is 17.0. The molecule has 148 valence electrons. The first-order chi connectivity index (χ1) is 11.4. The van der Waals surface area contributed by atoms with Crippen LogP contribution < -0.4 is 11.1 Å². The Morgan fingerprint density at radius 2 is 1.64 bits per heavy atom. The van der Waals surface area contributed by atoms with Crippen LogP contribution in [0, 0.1) is 17.8 Å². The summed E-state index contributed by atoms with van der Waals surface area (Å²) in [7, 11) is 0. The standard InChI is InChI=1S/C19H38N2O4/c1-8-13(9-2)10-15(21-18(24)25-19(5,6)7)16(22)11-14(12(3)4)17(20)23/h12-16,22H,8-11H2,1-7H3,(H2,20,23)(H,21,24). The van der Waals surface area contributed by atoms with Crippen molar-refractivity contribution < 1.29 is 19.4 Å². The number of aliphatic hydroxyl groups is 1. The summed E-state index contributed by atoms with van der Waals surface area (Å²) in [5.41, 5.74) is 4.85. The van der Waals surface area contributed by atoms with E-state index in [-0.39, 0.29) is 12.3 Å². The summed E-state index contributed by atoms with van der Waals surface area (Å²) >= 11 is 0. The molecule has 0 saturated carbocycles. The van der Waals surface area contributed by atoms with E-state index in [1.807, 2.05) is 13.8 Å². The minimum absolute atomic E-state index is 0.0301. The number of nitrogens with two attached hydrogens (primary N) is 1. The molecule has 0 aromatic carbocycles. The lowest BCUT2D eigenvalue weighted by Crippen LogP contribution is -2.48. The predicted octanol–water partition coefficient (Wildman–Crippen LogP) is 3.21. The van der Waals surface area contributed by atoms with Gasteiger partial charge in [-0.1, -0.05) is 40.5 Å². The second-order valence-corrected chi connectivity index (χ2v) is 8.23. The smallest absolute Gasteiger partial charge is 0.407 e. The summed E-state index contributed by atoms with van der Waals surface area (Å²) in [4.78, 5) is 23.8. The molecule has 0 aliphatic heterocycles. The highest BCUT2D eigenvalue weighted by molar-refractivity contribution is 5.77. The van der Waals surface area contributed by atoms with Crippen molar-refractivity contribution in [2.75, 3.05) is 0 Å². The maximum atomic E-state index is 12.1. The predicted molar refractivity (Wildman–Crippen MR) is 100.0 cm³/mol. The molecule has 0 aliphatic rings. The fourth-order valence-corrected chi connectivity index (χ4v) is 2.89. The zero-order chi connectivity index (χ0) is 19.8. The maximum absolute atomic E-state index is 12.1. The number of rotatable bonds is 10. The summed E-state index contributed by atoms with van der Waals surface area (Å²) in [5.74, 6) is -0.449. The van der Waals surface area contributed by atoms with Gasteiger partial charge in [-0.15, -0.1) is 0 Å². The minimum atomic E-state index is -0.854. The fraction of sp³-hybridized carbons (Fsp3) is 0.895. The van der Waals surface area contributed by atoms with Gasteiger partial charge in [0.1, 0.15) is 5.60 Å². The van der Waals surface area contributed by atoms with E-state index < -0.39 is 35.7 Å². The number of amides is 2. The molecule has 0 aromatic heterocycles. The molecule has 2 amide bonds. The van der Waals surface area contributed by atoms with Gasteiger partial charge in [0, 0.05) is 5.92 Å². The van der Waals surface area contributed by atoms with Crippen LogP contribution in [0.2, 0.25) is 0 Å². The lowest BCUT2D eigenvalue weighted by atomic mass is 9.84. The molecule has 0 rings (SSSR count). The number of carbonyl (C=O) groups is 2. The Morgan fingerprint density at radius 1 is 1.12 bits per heavy atom. The van der Waals surface area contributed by atoms with E-state index in [0.717, 1.165) is 12.8 Å². The van der Waals surface area contributed by atoms with Crippen LogP contribution >= 0.6 is 0 Å². The monoisotopic (exact) mass is 358 g/mol. The number of carbonyl (C=O) groups excluding carboxylic acids is 2. The highest BCUT2D eigenvalue weighted by Gasteiger charge is 2.31. The van der Waals surface area contributed by atoms with Crippen molar-refractivity contribution in [2.45, 2.75) is 91.9 Å². The van der Waals surface area contributed by atoms with E-state index in [0.29, 0.717) is 12.3 Å². The zero-order valence-electron chi connectivity index (χ0n) is 17.0. The lowest BCUT2D eigenvalue weighted by molar-refractivity contribution is -0.124. The molecule has 0 heterocycles. The quantitative estimate of drug-likeness (QED) is 0.558. The average molecular weight is 359 g/mol. The molecule has 3 atom stereocenters. The Balaban J connectivity index is 5.15. The van der Waals surface area contributed by atoms with Crippen molar-refractivity contribution in [1.82, 2.24) is 5.32 Å². The molecule has 4 N–H and O–H groups in total. The van der Waals surface area contributed by atoms with Gasteiger partial charge < -0.3 is 20.9 Å². The van der Waals surface area contributed by atoms with Gasteiger partial charge in [-0.05, 0) is 45.4 Å². The summed E-state index contributed by atoms with van der Waals surface area (Å²) in [6, 6.07) is -0.472. The Bertz CT molecular complexity index is 414. The molecule has 6 nitrogen and oxygen atoms in total. The molecule has 0 saturated heterocycles. The second kappa shape index (κ2) is 10.6. The normalized spacial score (nSPS) is 15.8. The minimum Gasteiger partial charge on any atom is -0.444 e. The number of ether oxygens (including phenoxy) is 1. The third kappa shape index (κ3) is 9.68. The Labute approximate surface area is 152 Å². The first-order valence-electron chi connectivity index (χ1n) is 9.38. The van der Waals surface area contributed by atoms with Crippen molar-refractivity contribution in [1.29, 1.82) is 0 Å². The van der Waals surface area contributed by atoms with Crippen LogP contribution in [0.15, 0.2) is 0 Å². The molecule has 3 unspecified atom stereocenters. The van der Waals surface area contributed by atoms with Crippen LogP contribution in [0.4, 0.5) is 4.79 Å². The molecule has 0 radical (unpaired) electrons. The van der Waals surface area contributed by atoms with Crippen LogP contribution in [0.1, 0.15) is 74.1 Å². The molecule has 25 heavy (non-hydrogen) atoms. The van der Waals surface area contributed by atoms with Gasteiger partial charge in [-0.25, -0.2) is 4.79 Å². The van der Waals surface area contributed by atoms with Gasteiger partial charge in [0.05, 0.1) is 12.1 Å². The van der Waals surface area contributed by atoms with Crippen LogP contribution in [0.5, 0.6) is 0 Å². The van der Waals surface area contributed by atoms with Gasteiger partial charge in [-0.3, -0.25) is 4.79 Å².